The number of nitrogens with one attached hydrogen (secondary N) is 1. The van der Waals surface area contributed by atoms with Gasteiger partial charge in [0.2, 0.25) is 5.90 Å². The van der Waals surface area contributed by atoms with Gasteiger partial charge in [0, 0.05) is 25.0 Å². The third kappa shape index (κ3) is 8.31. The Morgan fingerprint density at radius 2 is 1.87 bits per heavy atom. The predicted molar refractivity (Wildman–Crippen MR) is 145 cm³/mol. The molecule has 11 heteroatoms. The number of benzene rings is 1. The summed E-state index contributed by atoms with van der Waals surface area (Å²) in [7, 11) is 1.49. The number of rotatable bonds is 11. The Morgan fingerprint density at radius 1 is 1.13 bits per heavy atom. The van der Waals surface area contributed by atoms with E-state index in [1.54, 1.807) is 12.1 Å². The Hall–Kier alpha value is -3.86. The number of pyridine rings is 1. The van der Waals surface area contributed by atoms with Gasteiger partial charge in [0.1, 0.15) is 17.3 Å². The molecule has 4 rings (SSSR count). The maximum atomic E-state index is 12.4. The molecule has 39 heavy (non-hydrogen) atoms. The predicted octanol–water partition coefficient (Wildman–Crippen LogP) is 5.15. The molecule has 1 saturated heterocycles. The Kier molecular flexibility index (Phi) is 9.23. The lowest BCUT2D eigenvalue weighted by Gasteiger charge is -2.15. The summed E-state index contributed by atoms with van der Waals surface area (Å²) in [4.78, 5) is 11.5. The second kappa shape index (κ2) is 12.8. The first-order chi connectivity index (χ1) is 18.7. The summed E-state index contributed by atoms with van der Waals surface area (Å²) in [5.74, 6) is 1.23. The second-order valence-corrected chi connectivity index (χ2v) is 9.35. The summed E-state index contributed by atoms with van der Waals surface area (Å²) in [5, 5.41) is 8.02. The zero-order valence-electron chi connectivity index (χ0n) is 22.2. The molecule has 3 aromatic rings. The third-order valence-electron chi connectivity index (χ3n) is 6.31. The van der Waals surface area contributed by atoms with E-state index in [0.29, 0.717) is 23.5 Å². The Morgan fingerprint density at radius 3 is 2.51 bits per heavy atom. The fourth-order valence-electron chi connectivity index (χ4n) is 4.22. The van der Waals surface area contributed by atoms with Crippen LogP contribution in [0.1, 0.15) is 35.4 Å². The van der Waals surface area contributed by atoms with E-state index in [0.717, 1.165) is 30.2 Å². The summed E-state index contributed by atoms with van der Waals surface area (Å²) in [6, 6.07) is 11.9. The molecular formula is C28H33F3N6O2. The number of aryl methyl sites for hydroxylation is 1. The molecule has 0 unspecified atom stereocenters. The molecule has 0 spiro atoms. The Bertz CT molecular complexity index is 1260. The number of aromatic nitrogens is 3. The number of alkyl halides is 3. The van der Waals surface area contributed by atoms with Crippen molar-refractivity contribution in [3.63, 3.8) is 0 Å². The van der Waals surface area contributed by atoms with Gasteiger partial charge in [-0.25, -0.2) is 9.98 Å². The van der Waals surface area contributed by atoms with Crippen LogP contribution in [0.4, 0.5) is 19.0 Å². The van der Waals surface area contributed by atoms with E-state index >= 15 is 0 Å². The number of nitrogens with zero attached hydrogens (tertiary/aromatic N) is 5. The van der Waals surface area contributed by atoms with Gasteiger partial charge in [-0.05, 0) is 80.4 Å². The van der Waals surface area contributed by atoms with Crippen molar-refractivity contribution in [2.45, 2.75) is 32.5 Å². The van der Waals surface area contributed by atoms with Crippen LogP contribution in [0.3, 0.4) is 0 Å². The largest absolute Gasteiger partial charge is 0.484 e. The van der Waals surface area contributed by atoms with Crippen LogP contribution in [-0.2, 0) is 11.3 Å². The minimum Gasteiger partial charge on any atom is -0.484 e. The average molecular weight is 543 g/mol. The lowest BCUT2D eigenvalue weighted by molar-refractivity contribution is -0.153. The van der Waals surface area contributed by atoms with E-state index in [9.17, 15) is 13.2 Å². The van der Waals surface area contributed by atoms with Crippen molar-refractivity contribution < 1.29 is 22.6 Å². The quantitative estimate of drug-likeness (QED) is 0.267. The molecule has 0 saturated carbocycles. The number of aliphatic imine (C=N–C) groups is 1. The van der Waals surface area contributed by atoms with Gasteiger partial charge in [-0.2, -0.15) is 18.3 Å². The summed E-state index contributed by atoms with van der Waals surface area (Å²) in [6.45, 7) is 9.34. The molecule has 3 heterocycles. The highest BCUT2D eigenvalue weighted by atomic mass is 19.4. The minimum absolute atomic E-state index is 0.106. The van der Waals surface area contributed by atoms with Gasteiger partial charge in [0.15, 0.2) is 6.61 Å². The van der Waals surface area contributed by atoms with Crippen LogP contribution in [0.5, 0.6) is 5.75 Å². The third-order valence-corrected chi connectivity index (χ3v) is 6.31. The maximum Gasteiger partial charge on any atom is 0.422 e. The van der Waals surface area contributed by atoms with Crippen molar-refractivity contribution in [2.24, 2.45) is 4.99 Å². The van der Waals surface area contributed by atoms with Gasteiger partial charge < -0.3 is 19.7 Å². The van der Waals surface area contributed by atoms with Crippen LogP contribution in [0.15, 0.2) is 60.2 Å². The van der Waals surface area contributed by atoms with E-state index < -0.39 is 12.8 Å². The molecule has 208 valence electrons. The zero-order chi connectivity index (χ0) is 27.8. The van der Waals surface area contributed by atoms with Crippen molar-refractivity contribution in [1.29, 1.82) is 0 Å². The monoisotopic (exact) mass is 542 g/mol. The van der Waals surface area contributed by atoms with Crippen LogP contribution in [0.2, 0.25) is 0 Å². The lowest BCUT2D eigenvalue weighted by Crippen LogP contribution is -2.26. The van der Waals surface area contributed by atoms with Crippen LogP contribution in [0.25, 0.3) is 5.70 Å². The number of halogens is 3. The van der Waals surface area contributed by atoms with Gasteiger partial charge >= 0.3 is 6.18 Å². The molecule has 1 N–H and O–H groups in total. The molecule has 0 bridgehead atoms. The first kappa shape index (κ1) is 28.2. The normalized spacial score (nSPS) is 14.4. The molecule has 1 aliphatic rings. The van der Waals surface area contributed by atoms with Crippen molar-refractivity contribution in [3.05, 3.63) is 77.8 Å². The van der Waals surface area contributed by atoms with E-state index in [4.69, 9.17) is 9.47 Å². The van der Waals surface area contributed by atoms with E-state index in [2.05, 4.69) is 31.9 Å². The highest BCUT2D eigenvalue weighted by Crippen LogP contribution is 2.22. The highest BCUT2D eigenvalue weighted by Gasteiger charge is 2.28. The Labute approximate surface area is 226 Å². The molecule has 0 amide bonds. The summed E-state index contributed by atoms with van der Waals surface area (Å²) >= 11 is 0. The summed E-state index contributed by atoms with van der Waals surface area (Å²) < 4.78 is 49.1. The van der Waals surface area contributed by atoms with Gasteiger partial charge in [-0.1, -0.05) is 12.6 Å². The molecule has 0 aliphatic carbocycles. The molecule has 0 atom stereocenters. The van der Waals surface area contributed by atoms with E-state index in [1.165, 1.54) is 45.2 Å². The smallest absolute Gasteiger partial charge is 0.422 e. The molecular weight excluding hydrogens is 509 g/mol. The Balaban J connectivity index is 1.36. The van der Waals surface area contributed by atoms with Gasteiger partial charge in [-0.3, -0.25) is 4.68 Å². The number of anilines is 1. The van der Waals surface area contributed by atoms with Crippen molar-refractivity contribution >= 4 is 17.4 Å². The molecule has 8 nitrogen and oxygen atoms in total. The maximum absolute atomic E-state index is 12.4. The van der Waals surface area contributed by atoms with Crippen LogP contribution < -0.4 is 10.1 Å². The van der Waals surface area contributed by atoms with E-state index in [1.807, 2.05) is 36.0 Å². The fraction of sp³-hybridized carbons (Fsp3) is 0.393. The van der Waals surface area contributed by atoms with Gasteiger partial charge in [0.05, 0.1) is 19.4 Å². The standard InChI is InChI=1S/C28H33F3N6O2/c1-20-16-25(27(38-3)34-21(2)23-7-9-24(10-8-23)39-19-28(29,30)31)35-37(20)18-22-6-11-26(33-17-22)32-12-15-36-13-4-5-14-36/h6-11,16-17H,2,4-5,12-15,18-19H2,1,3H3,(H,32,33). The zero-order valence-corrected chi connectivity index (χ0v) is 22.2. The number of hydrogen-bond acceptors (Lipinski definition) is 7. The van der Waals surface area contributed by atoms with E-state index in [-0.39, 0.29) is 11.6 Å². The molecule has 1 aromatic carbocycles. The minimum atomic E-state index is -4.40. The SMILES string of the molecule is C=C(N=C(OC)c1cc(C)n(Cc2ccc(NCCN3CCCC3)nc2)n1)c1ccc(OCC(F)(F)F)cc1. The second-order valence-electron chi connectivity index (χ2n) is 9.35. The number of hydrogen-bond donors (Lipinski definition) is 1. The van der Waals surface area contributed by atoms with Crippen LogP contribution in [-0.4, -0.2) is 71.6 Å². The number of likely N-dealkylation sites (tertiary alicyclic amines) is 1. The topological polar surface area (TPSA) is 76.8 Å². The lowest BCUT2D eigenvalue weighted by atomic mass is 10.2. The molecule has 2 aromatic heterocycles. The molecule has 0 radical (unpaired) electrons. The molecule has 1 fully saturated rings. The van der Waals surface area contributed by atoms with Crippen LogP contribution >= 0.6 is 0 Å². The van der Waals surface area contributed by atoms with Crippen molar-refractivity contribution in [2.75, 3.05) is 45.2 Å². The highest BCUT2D eigenvalue weighted by molar-refractivity contribution is 5.95. The first-order valence-electron chi connectivity index (χ1n) is 12.8. The van der Waals surface area contributed by atoms with Gasteiger partial charge in [-0.15, -0.1) is 0 Å². The molecule has 1 aliphatic heterocycles. The van der Waals surface area contributed by atoms with Crippen molar-refractivity contribution in [1.82, 2.24) is 19.7 Å². The first-order valence-corrected chi connectivity index (χ1v) is 12.8. The number of methoxy groups -OCH3 is 1. The number of ether oxygens (including phenoxy) is 2. The van der Waals surface area contributed by atoms with Gasteiger partial charge in [0.25, 0.3) is 0 Å². The summed E-state index contributed by atoms with van der Waals surface area (Å²) in [5.41, 5.74) is 3.44. The van der Waals surface area contributed by atoms with Crippen LogP contribution in [0, 0.1) is 6.92 Å². The average Bonchev–Trinajstić information content (AvgIpc) is 3.56. The van der Waals surface area contributed by atoms with Crippen molar-refractivity contribution in [3.8, 4) is 5.75 Å². The summed E-state index contributed by atoms with van der Waals surface area (Å²) in [6.07, 6.45) is 0.0167. The fourth-order valence-corrected chi connectivity index (χ4v) is 4.22.